The summed E-state index contributed by atoms with van der Waals surface area (Å²) < 4.78 is 11.7. The molecule has 0 aliphatic heterocycles. The Bertz CT molecular complexity index is 477. The first-order valence-corrected chi connectivity index (χ1v) is 7.77. The Morgan fingerprint density at radius 3 is 2.05 bits per heavy atom. The molecule has 4 saturated carbocycles. The molecule has 0 radical (unpaired) electrons. The molecule has 4 nitrogen and oxygen atoms in total. The second-order valence-electron chi connectivity index (χ2n) is 8.49. The van der Waals surface area contributed by atoms with Crippen LogP contribution in [0.15, 0.2) is 12.2 Å². The maximum absolute atomic E-state index is 12.1. The van der Waals surface area contributed by atoms with E-state index in [-0.39, 0.29) is 29.2 Å². The third-order valence-corrected chi connectivity index (χ3v) is 5.52. The predicted molar refractivity (Wildman–Crippen MR) is 78.5 cm³/mol. The van der Waals surface area contributed by atoms with Gasteiger partial charge >= 0.3 is 5.97 Å². The third kappa shape index (κ3) is 2.42. The Hall–Kier alpha value is -0.870. The van der Waals surface area contributed by atoms with Crippen LogP contribution < -0.4 is 0 Å². The number of carbonyl (C=O) groups is 1. The second-order valence-corrected chi connectivity index (χ2v) is 8.49. The summed E-state index contributed by atoms with van der Waals surface area (Å²) in [4.78, 5) is 12.1. The Morgan fingerprint density at radius 2 is 1.57 bits per heavy atom. The van der Waals surface area contributed by atoms with Crippen LogP contribution in [0.2, 0.25) is 0 Å². The van der Waals surface area contributed by atoms with Crippen molar-refractivity contribution in [2.75, 3.05) is 6.79 Å². The summed E-state index contributed by atoms with van der Waals surface area (Å²) in [6.07, 6.45) is 5.52. The molecule has 4 fully saturated rings. The van der Waals surface area contributed by atoms with Crippen molar-refractivity contribution in [3.05, 3.63) is 12.2 Å². The summed E-state index contributed by atoms with van der Waals surface area (Å²) in [5.41, 5.74) is -0.119. The predicted octanol–water partition coefficient (Wildman–Crippen LogP) is 2.94. The zero-order valence-corrected chi connectivity index (χ0v) is 13.3. The number of aliphatic hydroxyl groups is 1. The van der Waals surface area contributed by atoms with Gasteiger partial charge in [0.05, 0.1) is 5.60 Å². The van der Waals surface area contributed by atoms with E-state index < -0.39 is 5.60 Å². The highest BCUT2D eigenvalue weighted by Crippen LogP contribution is 2.69. The summed E-state index contributed by atoms with van der Waals surface area (Å²) in [6.45, 7) is 9.65. The number of rotatable bonds is 4. The molecule has 2 unspecified atom stereocenters. The van der Waals surface area contributed by atoms with Gasteiger partial charge in [-0.15, -0.1) is 0 Å². The summed E-state index contributed by atoms with van der Waals surface area (Å²) >= 11 is 0. The maximum Gasteiger partial charge on any atom is 0.333 e. The molecule has 4 bridgehead atoms. The maximum atomic E-state index is 12.1. The van der Waals surface area contributed by atoms with E-state index >= 15 is 0 Å². The van der Waals surface area contributed by atoms with Gasteiger partial charge in [0.2, 0.25) is 0 Å². The van der Waals surface area contributed by atoms with Gasteiger partial charge in [-0.1, -0.05) is 20.4 Å². The summed E-state index contributed by atoms with van der Waals surface area (Å²) in [6, 6.07) is 0. The van der Waals surface area contributed by atoms with Crippen LogP contribution in [0.4, 0.5) is 0 Å². The number of hydrogen-bond acceptors (Lipinski definition) is 4. The van der Waals surface area contributed by atoms with Gasteiger partial charge in [0, 0.05) is 12.0 Å². The summed E-state index contributed by atoms with van der Waals surface area (Å²) in [7, 11) is 0. The van der Waals surface area contributed by atoms with Gasteiger partial charge in [-0.05, 0) is 49.9 Å². The first-order chi connectivity index (χ1) is 9.63. The molecule has 21 heavy (non-hydrogen) atoms. The van der Waals surface area contributed by atoms with Gasteiger partial charge < -0.3 is 14.6 Å². The molecule has 1 N–H and O–H groups in total. The average Bonchev–Trinajstić information content (AvgIpc) is 2.22. The van der Waals surface area contributed by atoms with E-state index in [2.05, 4.69) is 20.4 Å². The molecule has 0 aromatic rings. The lowest BCUT2D eigenvalue weighted by atomic mass is 9.42. The lowest BCUT2D eigenvalue weighted by Gasteiger charge is -2.68. The zero-order chi connectivity index (χ0) is 15.5. The molecule has 4 aliphatic rings. The van der Waals surface area contributed by atoms with Gasteiger partial charge in [0.15, 0.2) is 0 Å². The monoisotopic (exact) mass is 294 g/mol. The minimum absolute atomic E-state index is 0.119. The van der Waals surface area contributed by atoms with Crippen molar-refractivity contribution >= 4 is 5.97 Å². The molecular weight excluding hydrogens is 268 g/mol. The zero-order valence-electron chi connectivity index (χ0n) is 13.3. The fourth-order valence-corrected chi connectivity index (χ4v) is 6.16. The highest BCUT2D eigenvalue weighted by Gasteiger charge is 2.67. The van der Waals surface area contributed by atoms with Crippen LogP contribution in [-0.4, -0.2) is 29.1 Å². The average molecular weight is 294 g/mol. The van der Waals surface area contributed by atoms with Crippen molar-refractivity contribution in [2.24, 2.45) is 10.8 Å². The van der Waals surface area contributed by atoms with Crippen molar-refractivity contribution < 1.29 is 19.4 Å². The van der Waals surface area contributed by atoms with Crippen LogP contribution in [0.25, 0.3) is 0 Å². The van der Waals surface area contributed by atoms with Crippen LogP contribution in [0, 0.1) is 10.8 Å². The lowest BCUT2D eigenvalue weighted by Crippen LogP contribution is -2.67. The molecule has 0 amide bonds. The Kier molecular flexibility index (Phi) is 3.10. The SMILES string of the molecule is C=C(C)C(=O)OC12CC3(C)CC(C)(CC(OCO)(C3)C1)C2. The molecule has 0 spiro atoms. The Morgan fingerprint density at radius 1 is 1.05 bits per heavy atom. The normalized spacial score (nSPS) is 47.4. The van der Waals surface area contributed by atoms with Crippen molar-refractivity contribution in [3.8, 4) is 0 Å². The van der Waals surface area contributed by atoms with Gasteiger partial charge in [-0.25, -0.2) is 4.79 Å². The first-order valence-electron chi connectivity index (χ1n) is 7.77. The molecule has 0 saturated heterocycles. The number of ether oxygens (including phenoxy) is 2. The molecule has 0 aromatic carbocycles. The third-order valence-electron chi connectivity index (χ3n) is 5.52. The van der Waals surface area contributed by atoms with E-state index in [0.29, 0.717) is 12.0 Å². The van der Waals surface area contributed by atoms with E-state index in [1.165, 1.54) is 0 Å². The number of aliphatic hydroxyl groups excluding tert-OH is 1. The van der Waals surface area contributed by atoms with Gasteiger partial charge in [0.1, 0.15) is 12.4 Å². The van der Waals surface area contributed by atoms with E-state index in [0.717, 1.165) is 32.1 Å². The van der Waals surface area contributed by atoms with Crippen molar-refractivity contribution in [1.82, 2.24) is 0 Å². The van der Waals surface area contributed by atoms with E-state index in [1.54, 1.807) is 6.92 Å². The molecule has 0 heterocycles. The largest absolute Gasteiger partial charge is 0.456 e. The van der Waals surface area contributed by atoms with E-state index in [1.807, 2.05) is 0 Å². The molecule has 4 rings (SSSR count). The molecule has 2 atom stereocenters. The van der Waals surface area contributed by atoms with Crippen molar-refractivity contribution in [2.45, 2.75) is 70.5 Å². The Balaban J connectivity index is 1.95. The highest BCUT2D eigenvalue weighted by molar-refractivity contribution is 5.87. The van der Waals surface area contributed by atoms with Crippen LogP contribution in [0.3, 0.4) is 0 Å². The molecule has 0 aromatic heterocycles. The smallest absolute Gasteiger partial charge is 0.333 e. The molecule has 118 valence electrons. The Labute approximate surface area is 126 Å². The molecular formula is C17H26O4. The minimum atomic E-state index is -0.455. The number of esters is 1. The summed E-state index contributed by atoms with van der Waals surface area (Å²) in [5.74, 6) is -0.303. The number of hydrogen-bond donors (Lipinski definition) is 1. The quantitative estimate of drug-likeness (QED) is 0.492. The van der Waals surface area contributed by atoms with Gasteiger partial charge in [0.25, 0.3) is 0 Å². The highest BCUT2D eigenvalue weighted by atomic mass is 16.6. The fourth-order valence-electron chi connectivity index (χ4n) is 6.16. The minimum Gasteiger partial charge on any atom is -0.456 e. The van der Waals surface area contributed by atoms with Crippen molar-refractivity contribution in [1.29, 1.82) is 0 Å². The standard InChI is InChI=1S/C17H26O4/c1-12(2)13(19)21-17-8-14(3)5-15(4,9-17)7-16(6-14,10-17)20-11-18/h18H,1,5-11H2,2-4H3. The van der Waals surface area contributed by atoms with Crippen molar-refractivity contribution in [3.63, 3.8) is 0 Å². The van der Waals surface area contributed by atoms with Gasteiger partial charge in [-0.2, -0.15) is 0 Å². The van der Waals surface area contributed by atoms with E-state index in [4.69, 9.17) is 9.47 Å². The second kappa shape index (κ2) is 4.32. The first kappa shape index (κ1) is 15.0. The van der Waals surface area contributed by atoms with E-state index in [9.17, 15) is 9.90 Å². The molecule has 4 heteroatoms. The summed E-state index contributed by atoms with van der Waals surface area (Å²) in [5, 5.41) is 9.30. The topological polar surface area (TPSA) is 55.8 Å². The lowest BCUT2D eigenvalue weighted by molar-refractivity contribution is -0.284. The van der Waals surface area contributed by atoms with Crippen LogP contribution >= 0.6 is 0 Å². The molecule has 4 aliphatic carbocycles. The van der Waals surface area contributed by atoms with Gasteiger partial charge in [-0.3, -0.25) is 0 Å². The van der Waals surface area contributed by atoms with Crippen LogP contribution in [0.1, 0.15) is 59.3 Å². The fraction of sp³-hybridized carbons (Fsp3) is 0.824. The van der Waals surface area contributed by atoms with Crippen LogP contribution in [0.5, 0.6) is 0 Å². The number of carbonyl (C=O) groups excluding carboxylic acids is 1. The van der Waals surface area contributed by atoms with Crippen LogP contribution in [-0.2, 0) is 14.3 Å².